The third-order valence-electron chi connectivity index (χ3n) is 4.56. The molecule has 1 N–H and O–H groups in total. The van der Waals surface area contributed by atoms with Crippen LogP contribution in [0.25, 0.3) is 0 Å². The number of nitriles is 1. The van der Waals surface area contributed by atoms with Crippen molar-refractivity contribution in [1.82, 2.24) is 25.0 Å². The van der Waals surface area contributed by atoms with Crippen LogP contribution in [0.3, 0.4) is 0 Å². The van der Waals surface area contributed by atoms with Gasteiger partial charge in [0.2, 0.25) is 0 Å². The Morgan fingerprint density at radius 1 is 1.09 bits per heavy atom. The molecule has 4 aromatic rings. The molecule has 2 aromatic heterocycles. The summed E-state index contributed by atoms with van der Waals surface area (Å²) in [5, 5.41) is 18.8. The molecule has 0 fully saturated rings. The Labute approximate surface area is 198 Å². The molecule has 4 rings (SSSR count). The van der Waals surface area contributed by atoms with Crippen LogP contribution in [-0.2, 0) is 18.7 Å². The number of benzene rings is 2. The lowest BCUT2D eigenvalue weighted by Crippen LogP contribution is -2.10. The fourth-order valence-corrected chi connectivity index (χ4v) is 4.32. The van der Waals surface area contributed by atoms with Crippen molar-refractivity contribution in [3.05, 3.63) is 103 Å². The molecular weight excluding hydrogens is 467 g/mol. The van der Waals surface area contributed by atoms with Gasteiger partial charge in [-0.05, 0) is 35.4 Å². The van der Waals surface area contributed by atoms with E-state index in [1.807, 2.05) is 18.3 Å². The molecule has 10 heteroatoms. The minimum Gasteiger partial charge on any atom is -0.301 e. The summed E-state index contributed by atoms with van der Waals surface area (Å²) < 4.78 is 1.73. The predicted octanol–water partition coefficient (Wildman–Crippen LogP) is 4.47. The Kier molecular flexibility index (Phi) is 6.90. The normalized spacial score (nSPS) is 10.8. The highest BCUT2D eigenvalue weighted by Gasteiger charge is 2.10. The van der Waals surface area contributed by atoms with Gasteiger partial charge in [0.1, 0.15) is 0 Å². The van der Waals surface area contributed by atoms with Gasteiger partial charge in [-0.25, -0.2) is 9.67 Å². The fourth-order valence-electron chi connectivity index (χ4n) is 3.02. The molecule has 0 bridgehead atoms. The highest BCUT2D eigenvalue weighted by molar-refractivity contribution is 7.98. The van der Waals surface area contributed by atoms with Crippen molar-refractivity contribution >= 4 is 35.0 Å². The molecule has 0 saturated heterocycles. The van der Waals surface area contributed by atoms with Gasteiger partial charge < -0.3 is 4.98 Å². The lowest BCUT2D eigenvalue weighted by Gasteiger charge is -2.07. The van der Waals surface area contributed by atoms with E-state index in [-0.39, 0.29) is 5.56 Å². The van der Waals surface area contributed by atoms with E-state index in [1.54, 1.807) is 35.0 Å². The first-order valence-corrected chi connectivity index (χ1v) is 11.3. The summed E-state index contributed by atoms with van der Waals surface area (Å²) in [5.74, 6) is 0.493. The van der Waals surface area contributed by atoms with Crippen LogP contribution >= 0.6 is 35.0 Å². The third kappa shape index (κ3) is 5.56. The van der Waals surface area contributed by atoms with Crippen molar-refractivity contribution in [1.29, 1.82) is 5.26 Å². The van der Waals surface area contributed by atoms with Crippen LogP contribution < -0.4 is 5.56 Å². The Morgan fingerprint density at radius 3 is 2.56 bits per heavy atom. The second-order valence-corrected chi connectivity index (χ2v) is 8.70. The monoisotopic (exact) mass is 482 g/mol. The van der Waals surface area contributed by atoms with E-state index in [4.69, 9.17) is 28.5 Å². The molecule has 2 heterocycles. The zero-order valence-electron chi connectivity index (χ0n) is 16.6. The number of hydrogen-bond donors (Lipinski definition) is 1. The number of nitrogens with zero attached hydrogens (tertiary/aromatic N) is 5. The average Bonchev–Trinajstić information content (AvgIpc) is 3.22. The van der Waals surface area contributed by atoms with E-state index >= 15 is 0 Å². The van der Waals surface area contributed by atoms with E-state index in [2.05, 4.69) is 26.3 Å². The Bertz CT molecular complexity index is 1320. The summed E-state index contributed by atoms with van der Waals surface area (Å²) in [4.78, 5) is 19.4. The van der Waals surface area contributed by atoms with Gasteiger partial charge in [-0.3, -0.25) is 4.79 Å². The van der Waals surface area contributed by atoms with E-state index in [1.165, 1.54) is 17.8 Å². The van der Waals surface area contributed by atoms with E-state index in [0.717, 1.165) is 16.8 Å². The molecule has 32 heavy (non-hydrogen) atoms. The maximum atomic E-state index is 12.1. The number of hydrogen-bond acceptors (Lipinski definition) is 6. The molecule has 0 spiro atoms. The maximum Gasteiger partial charge on any atom is 0.251 e. The van der Waals surface area contributed by atoms with Gasteiger partial charge in [-0.15, -0.1) is 5.10 Å². The lowest BCUT2D eigenvalue weighted by atomic mass is 10.1. The molecule has 0 aliphatic heterocycles. The maximum absolute atomic E-state index is 12.1. The van der Waals surface area contributed by atoms with Crippen LogP contribution in [0.4, 0.5) is 0 Å². The van der Waals surface area contributed by atoms with Crippen molar-refractivity contribution < 1.29 is 0 Å². The second-order valence-electron chi connectivity index (χ2n) is 6.92. The van der Waals surface area contributed by atoms with E-state index in [0.29, 0.717) is 45.2 Å². The first-order chi connectivity index (χ1) is 15.5. The van der Waals surface area contributed by atoms with Crippen molar-refractivity contribution in [2.75, 3.05) is 0 Å². The standard InChI is InChI=1S/C22H16Cl2N6OS/c23-19-2-1-3-20(24)18(19)8-16-9-21(31)27-22(26-16)32-13-17-12-30(29-28-17)11-15-6-4-14(10-25)5-7-15/h1-7,9,12H,8,11,13H2,(H,26,27,31). The van der Waals surface area contributed by atoms with Crippen LogP contribution in [0, 0.1) is 11.3 Å². The summed E-state index contributed by atoms with van der Waals surface area (Å²) in [6.07, 6.45) is 2.20. The number of rotatable bonds is 7. The molecule has 160 valence electrons. The molecule has 0 radical (unpaired) electrons. The smallest absolute Gasteiger partial charge is 0.251 e. The third-order valence-corrected chi connectivity index (χ3v) is 6.18. The molecule has 0 unspecified atom stereocenters. The molecule has 0 amide bonds. The summed E-state index contributed by atoms with van der Waals surface area (Å²) in [5.41, 5.74) is 3.46. The van der Waals surface area contributed by atoms with Crippen molar-refractivity contribution in [3.8, 4) is 6.07 Å². The second kappa shape index (κ2) is 10.0. The quantitative estimate of drug-likeness (QED) is 0.308. The van der Waals surface area contributed by atoms with Crippen molar-refractivity contribution in [2.24, 2.45) is 0 Å². The topological polar surface area (TPSA) is 100 Å². The SMILES string of the molecule is N#Cc1ccc(Cn2cc(CSc3nc(Cc4c(Cl)cccc4Cl)cc(=O)[nH]3)nn2)cc1. The molecule has 0 aliphatic carbocycles. The van der Waals surface area contributed by atoms with E-state index in [9.17, 15) is 4.79 Å². The van der Waals surface area contributed by atoms with Gasteiger partial charge in [0.05, 0.1) is 29.6 Å². The molecule has 0 atom stereocenters. The van der Waals surface area contributed by atoms with Crippen LogP contribution in [-0.4, -0.2) is 25.0 Å². The number of nitrogens with one attached hydrogen (secondary N) is 1. The van der Waals surface area contributed by atoms with Gasteiger partial charge >= 0.3 is 0 Å². The van der Waals surface area contributed by atoms with E-state index < -0.39 is 0 Å². The summed E-state index contributed by atoms with van der Waals surface area (Å²) >= 11 is 13.8. The molecule has 7 nitrogen and oxygen atoms in total. The minimum absolute atomic E-state index is 0.245. The Morgan fingerprint density at radius 2 is 1.84 bits per heavy atom. The van der Waals surface area contributed by atoms with Gasteiger partial charge in [0.15, 0.2) is 5.16 Å². The lowest BCUT2D eigenvalue weighted by molar-refractivity contribution is 0.649. The van der Waals surface area contributed by atoms with Crippen LogP contribution in [0.1, 0.15) is 28.1 Å². The highest BCUT2D eigenvalue weighted by Crippen LogP contribution is 2.26. The van der Waals surface area contributed by atoms with Crippen LogP contribution in [0.15, 0.2) is 64.7 Å². The van der Waals surface area contributed by atoms with Gasteiger partial charge in [0, 0.05) is 34.5 Å². The zero-order valence-corrected chi connectivity index (χ0v) is 19.0. The minimum atomic E-state index is -0.245. The number of H-pyrrole nitrogens is 1. The Balaban J connectivity index is 1.42. The van der Waals surface area contributed by atoms with Crippen LogP contribution in [0.2, 0.25) is 10.0 Å². The molecule has 0 aliphatic rings. The van der Waals surface area contributed by atoms with Gasteiger partial charge in [0.25, 0.3) is 5.56 Å². The summed E-state index contributed by atoms with van der Waals surface area (Å²) in [6, 6.07) is 16.1. The van der Waals surface area contributed by atoms with Gasteiger partial charge in [-0.2, -0.15) is 5.26 Å². The summed E-state index contributed by atoms with van der Waals surface area (Å²) in [6.45, 7) is 0.548. The predicted molar refractivity (Wildman–Crippen MR) is 124 cm³/mol. The van der Waals surface area contributed by atoms with Gasteiger partial charge in [-0.1, -0.05) is 58.4 Å². The number of aromatic amines is 1. The number of halogens is 2. The first kappa shape index (κ1) is 22.1. The number of aromatic nitrogens is 5. The van der Waals surface area contributed by atoms with Crippen molar-refractivity contribution in [3.63, 3.8) is 0 Å². The average molecular weight is 483 g/mol. The first-order valence-electron chi connectivity index (χ1n) is 9.54. The fraction of sp³-hybridized carbons (Fsp3) is 0.136. The molecule has 2 aromatic carbocycles. The van der Waals surface area contributed by atoms with Crippen LogP contribution in [0.5, 0.6) is 0 Å². The number of thioether (sulfide) groups is 1. The molecule has 0 saturated carbocycles. The molecular formula is C22H16Cl2N6OS. The zero-order chi connectivity index (χ0) is 22.5. The highest BCUT2D eigenvalue weighted by atomic mass is 35.5. The largest absolute Gasteiger partial charge is 0.301 e. The summed E-state index contributed by atoms with van der Waals surface area (Å²) in [7, 11) is 0. The Hall–Kier alpha value is -3.12. The van der Waals surface area contributed by atoms with Crippen molar-refractivity contribution in [2.45, 2.75) is 23.9 Å².